The Labute approximate surface area is 151 Å². The third kappa shape index (κ3) is 2.06. The van der Waals surface area contributed by atoms with Crippen molar-refractivity contribution in [2.45, 2.75) is 38.0 Å². The molecule has 1 nitrogen and oxygen atoms in total. The summed E-state index contributed by atoms with van der Waals surface area (Å²) in [5.74, 6) is 0.304. The zero-order chi connectivity index (χ0) is 16.3. The van der Waals surface area contributed by atoms with E-state index in [0.29, 0.717) is 0 Å². The summed E-state index contributed by atoms with van der Waals surface area (Å²) in [5, 5.41) is -0.205. The van der Waals surface area contributed by atoms with E-state index in [1.165, 1.54) is 14.7 Å². The molecule has 0 amide bonds. The predicted octanol–water partition coefficient (Wildman–Crippen LogP) is 5.35. The lowest BCUT2D eigenvalue weighted by Crippen LogP contribution is -2.49. The van der Waals surface area contributed by atoms with Gasteiger partial charge in [0.2, 0.25) is 0 Å². The fourth-order valence-corrected chi connectivity index (χ4v) is 4.87. The van der Waals surface area contributed by atoms with Crippen molar-refractivity contribution < 1.29 is 4.79 Å². The van der Waals surface area contributed by atoms with Crippen LogP contribution in [0.2, 0.25) is 0 Å². The predicted molar refractivity (Wildman–Crippen MR) is 101 cm³/mol. The van der Waals surface area contributed by atoms with Crippen LogP contribution in [-0.4, -0.2) is 11.2 Å². The highest BCUT2D eigenvalue weighted by Crippen LogP contribution is 2.53. The maximum absolute atomic E-state index is 13.1. The average Bonchev–Trinajstić information content (AvgIpc) is 2.47. The fourth-order valence-electron chi connectivity index (χ4n) is 3.85. The molecule has 0 saturated heterocycles. The molecule has 116 valence electrons. The molecule has 1 saturated carbocycles. The van der Waals surface area contributed by atoms with Gasteiger partial charge in [-0.3, -0.25) is 4.79 Å². The average molecular weight is 427 g/mol. The van der Waals surface area contributed by atoms with Crippen LogP contribution in [0.4, 0.5) is 0 Å². The third-order valence-electron chi connectivity index (χ3n) is 5.56. The molecule has 2 aliphatic carbocycles. The van der Waals surface area contributed by atoms with Crippen LogP contribution in [0.5, 0.6) is 0 Å². The quantitative estimate of drug-likeness (QED) is 0.336. The maximum Gasteiger partial charge on any atom is 0.170 e. The van der Waals surface area contributed by atoms with Crippen molar-refractivity contribution in [3.63, 3.8) is 0 Å². The molecule has 0 N–H and O–H groups in total. The molecule has 0 bridgehead atoms. The van der Waals surface area contributed by atoms with Gasteiger partial charge in [0.1, 0.15) is 0 Å². The van der Waals surface area contributed by atoms with E-state index < -0.39 is 5.41 Å². The highest BCUT2D eigenvalue weighted by Gasteiger charge is 2.52. The van der Waals surface area contributed by atoms with Gasteiger partial charge in [-0.2, -0.15) is 0 Å². The Balaban J connectivity index is 2.25. The van der Waals surface area contributed by atoms with E-state index in [9.17, 15) is 4.79 Å². The number of Topliss-reactive ketones (excluding diaryl/α,β-unsaturated/α-hetero) is 1. The standard InChI is InChI=1S/C19H20ClIO/c1-5-19(4)16(20)10-14-12(17(19)22)9-11-13(18(14,2)3)7-6-8-15(11)21/h5-9,14,16H,1,10H2,2-4H3/t14-,16+,19-/m0/s1. The summed E-state index contributed by atoms with van der Waals surface area (Å²) in [5.41, 5.74) is 2.66. The number of ketones is 1. The normalized spacial score (nSPS) is 32.8. The minimum Gasteiger partial charge on any atom is -0.294 e. The van der Waals surface area contributed by atoms with Crippen molar-refractivity contribution in [2.24, 2.45) is 11.3 Å². The molecule has 0 spiro atoms. The van der Waals surface area contributed by atoms with Crippen LogP contribution < -0.4 is 0 Å². The van der Waals surface area contributed by atoms with Crippen LogP contribution in [0.15, 0.2) is 36.4 Å². The molecule has 0 radical (unpaired) electrons. The molecular weight excluding hydrogens is 407 g/mol. The minimum atomic E-state index is -0.669. The van der Waals surface area contributed by atoms with Crippen molar-refractivity contribution in [2.75, 3.05) is 0 Å². The van der Waals surface area contributed by atoms with Crippen LogP contribution >= 0.6 is 34.2 Å². The van der Waals surface area contributed by atoms with E-state index in [0.717, 1.165) is 12.0 Å². The zero-order valence-corrected chi connectivity index (χ0v) is 16.0. The summed E-state index contributed by atoms with van der Waals surface area (Å²) < 4.78 is 1.19. The van der Waals surface area contributed by atoms with E-state index in [-0.39, 0.29) is 22.5 Å². The number of carbonyl (C=O) groups is 1. The molecular formula is C19H20ClIO. The van der Waals surface area contributed by atoms with Gasteiger partial charge in [-0.15, -0.1) is 18.2 Å². The fraction of sp³-hybridized carbons (Fsp3) is 0.421. The molecule has 3 rings (SSSR count). The number of benzene rings is 1. The van der Waals surface area contributed by atoms with Gasteiger partial charge in [0.15, 0.2) is 5.78 Å². The molecule has 0 unspecified atom stereocenters. The van der Waals surface area contributed by atoms with Crippen molar-refractivity contribution in [1.82, 2.24) is 0 Å². The lowest BCUT2D eigenvalue weighted by molar-refractivity contribution is -0.124. The SMILES string of the molecule is C=C[C@]1(C)C(=O)C2=Cc3c(I)cccc3C(C)(C)[C@H]2C[C@H]1Cl. The first-order valence-corrected chi connectivity index (χ1v) is 9.08. The molecule has 0 heterocycles. The van der Waals surface area contributed by atoms with Crippen LogP contribution in [0.1, 0.15) is 38.3 Å². The van der Waals surface area contributed by atoms with Crippen LogP contribution in [-0.2, 0) is 10.2 Å². The Kier molecular flexibility index (Phi) is 3.84. The van der Waals surface area contributed by atoms with E-state index >= 15 is 0 Å². The lowest BCUT2D eigenvalue weighted by atomic mass is 9.56. The second kappa shape index (κ2) is 5.20. The lowest BCUT2D eigenvalue weighted by Gasteiger charge is -2.48. The molecule has 2 aliphatic rings. The van der Waals surface area contributed by atoms with Gasteiger partial charge in [0.05, 0.1) is 10.8 Å². The number of alkyl halides is 1. The van der Waals surface area contributed by atoms with Crippen molar-refractivity contribution in [3.8, 4) is 0 Å². The van der Waals surface area contributed by atoms with E-state index in [1.807, 2.05) is 6.92 Å². The number of hydrogen-bond acceptors (Lipinski definition) is 1. The maximum atomic E-state index is 13.1. The monoisotopic (exact) mass is 426 g/mol. The van der Waals surface area contributed by atoms with Crippen molar-refractivity contribution in [1.29, 1.82) is 0 Å². The van der Waals surface area contributed by atoms with Crippen molar-refractivity contribution in [3.05, 3.63) is 51.1 Å². The summed E-state index contributed by atoms with van der Waals surface area (Å²) in [6.45, 7) is 10.2. The van der Waals surface area contributed by atoms with Gasteiger partial charge in [0.25, 0.3) is 0 Å². The van der Waals surface area contributed by atoms with Gasteiger partial charge in [-0.05, 0) is 70.5 Å². The number of hydrogen-bond donors (Lipinski definition) is 0. The molecule has 1 fully saturated rings. The Bertz CT molecular complexity index is 703. The third-order valence-corrected chi connectivity index (χ3v) is 7.13. The van der Waals surface area contributed by atoms with Gasteiger partial charge >= 0.3 is 0 Å². The smallest absolute Gasteiger partial charge is 0.170 e. The van der Waals surface area contributed by atoms with Crippen LogP contribution in [0.25, 0.3) is 6.08 Å². The Morgan fingerprint density at radius 3 is 2.68 bits per heavy atom. The van der Waals surface area contributed by atoms with E-state index in [2.05, 4.69) is 67.3 Å². The first-order valence-electron chi connectivity index (χ1n) is 7.56. The highest BCUT2D eigenvalue weighted by atomic mass is 127. The summed E-state index contributed by atoms with van der Waals surface area (Å²) in [6, 6.07) is 6.37. The molecule has 1 aromatic rings. The molecule has 0 aromatic heterocycles. The second-order valence-corrected chi connectivity index (χ2v) is 8.78. The second-order valence-electron chi connectivity index (χ2n) is 7.09. The number of halogens is 2. The Hall–Kier alpha value is -0.610. The Morgan fingerprint density at radius 2 is 2.05 bits per heavy atom. The molecule has 22 heavy (non-hydrogen) atoms. The summed E-state index contributed by atoms with van der Waals surface area (Å²) >= 11 is 8.95. The summed E-state index contributed by atoms with van der Waals surface area (Å²) in [6.07, 6.45) is 4.63. The Morgan fingerprint density at radius 1 is 1.36 bits per heavy atom. The molecule has 3 atom stereocenters. The topological polar surface area (TPSA) is 17.1 Å². The molecule has 1 aromatic carbocycles. The van der Waals surface area contributed by atoms with E-state index in [1.54, 1.807) is 6.08 Å². The van der Waals surface area contributed by atoms with Crippen LogP contribution in [0, 0.1) is 14.9 Å². The largest absolute Gasteiger partial charge is 0.294 e. The zero-order valence-electron chi connectivity index (χ0n) is 13.1. The number of rotatable bonds is 1. The number of fused-ring (bicyclic) bond motifs is 2. The minimum absolute atomic E-state index is 0.0914. The van der Waals surface area contributed by atoms with Gasteiger partial charge in [-0.1, -0.05) is 32.1 Å². The van der Waals surface area contributed by atoms with E-state index in [4.69, 9.17) is 11.6 Å². The van der Waals surface area contributed by atoms with Gasteiger partial charge in [0, 0.05) is 9.14 Å². The van der Waals surface area contributed by atoms with Crippen LogP contribution in [0.3, 0.4) is 0 Å². The van der Waals surface area contributed by atoms with Gasteiger partial charge < -0.3 is 0 Å². The summed E-state index contributed by atoms with van der Waals surface area (Å²) in [7, 11) is 0. The van der Waals surface area contributed by atoms with Gasteiger partial charge in [-0.25, -0.2) is 0 Å². The number of carbonyl (C=O) groups excluding carboxylic acids is 1. The molecule has 0 aliphatic heterocycles. The first kappa shape index (κ1) is 16.3. The number of allylic oxidation sites excluding steroid dienone is 2. The van der Waals surface area contributed by atoms with Crippen molar-refractivity contribution >= 4 is 46.1 Å². The summed E-state index contributed by atoms with van der Waals surface area (Å²) in [4.78, 5) is 13.1. The highest BCUT2D eigenvalue weighted by molar-refractivity contribution is 14.1. The first-order chi connectivity index (χ1) is 10.2. The molecule has 3 heteroatoms.